The van der Waals surface area contributed by atoms with Gasteiger partial charge in [0.15, 0.2) is 0 Å². The zero-order valence-corrected chi connectivity index (χ0v) is 16.5. The van der Waals surface area contributed by atoms with Crippen molar-refractivity contribution in [3.63, 3.8) is 0 Å². The molecule has 0 saturated carbocycles. The monoisotopic (exact) mass is 346 g/mol. The Labute approximate surface area is 146 Å². The molecular formula is C18H34O6. The zero-order valence-electron chi connectivity index (χ0n) is 16.5. The normalized spacial score (nSPS) is 12.8. The van der Waals surface area contributed by atoms with Gasteiger partial charge in [0.1, 0.15) is 0 Å². The molecule has 0 rings (SSSR count). The smallest absolute Gasteiger partial charge is 0.306 e. The third kappa shape index (κ3) is 10.6. The molecule has 0 unspecified atom stereocenters. The van der Waals surface area contributed by atoms with E-state index in [0.29, 0.717) is 19.6 Å². The molecule has 0 bridgehead atoms. The van der Waals surface area contributed by atoms with Gasteiger partial charge in [-0.15, -0.1) is 0 Å². The summed E-state index contributed by atoms with van der Waals surface area (Å²) in [4.78, 5) is 23.5. The quantitative estimate of drug-likeness (QED) is 0.597. The molecule has 0 aliphatic heterocycles. The molecular weight excluding hydrogens is 312 g/mol. The lowest BCUT2D eigenvalue weighted by Gasteiger charge is -2.37. The number of hydrogen-bond donors (Lipinski definition) is 0. The Morgan fingerprint density at radius 3 is 1.50 bits per heavy atom. The molecule has 0 aromatic rings. The summed E-state index contributed by atoms with van der Waals surface area (Å²) in [5.74, 6) is -0.675. The summed E-state index contributed by atoms with van der Waals surface area (Å²) in [5, 5.41) is 0. The van der Waals surface area contributed by atoms with Crippen LogP contribution in [-0.2, 0) is 28.5 Å². The number of carbonyl (C=O) groups excluding carboxylic acids is 2. The maximum atomic E-state index is 11.9. The molecule has 0 saturated heterocycles. The number of methoxy groups -OCH3 is 2. The number of carbonyl (C=O) groups is 2. The van der Waals surface area contributed by atoms with Crippen LogP contribution >= 0.6 is 0 Å². The molecule has 0 aromatic heterocycles. The van der Waals surface area contributed by atoms with E-state index in [1.54, 1.807) is 0 Å². The fourth-order valence-corrected chi connectivity index (χ4v) is 1.96. The van der Waals surface area contributed by atoms with Gasteiger partial charge in [-0.25, -0.2) is 0 Å². The largest absolute Gasteiger partial charge is 0.469 e. The number of hydrogen-bond acceptors (Lipinski definition) is 6. The van der Waals surface area contributed by atoms with Crippen LogP contribution in [0, 0.1) is 5.41 Å². The van der Waals surface area contributed by atoms with Crippen LogP contribution in [0.4, 0.5) is 0 Å². The first kappa shape index (κ1) is 22.9. The highest BCUT2D eigenvalue weighted by Gasteiger charge is 2.37. The van der Waals surface area contributed by atoms with Crippen LogP contribution in [0.2, 0.25) is 0 Å². The summed E-state index contributed by atoms with van der Waals surface area (Å²) in [6.07, 6.45) is 0.724. The lowest BCUT2D eigenvalue weighted by Crippen LogP contribution is -2.41. The van der Waals surface area contributed by atoms with Crippen LogP contribution in [-0.4, -0.2) is 50.6 Å². The number of rotatable bonds is 9. The highest BCUT2D eigenvalue weighted by Crippen LogP contribution is 2.33. The van der Waals surface area contributed by atoms with E-state index in [4.69, 9.17) is 18.9 Å². The predicted molar refractivity (Wildman–Crippen MR) is 91.7 cm³/mol. The van der Waals surface area contributed by atoms with E-state index in [1.165, 1.54) is 14.2 Å². The van der Waals surface area contributed by atoms with Crippen molar-refractivity contribution in [1.29, 1.82) is 0 Å². The van der Waals surface area contributed by atoms with Gasteiger partial charge in [-0.3, -0.25) is 9.59 Å². The van der Waals surface area contributed by atoms with Crippen LogP contribution in [0.1, 0.15) is 60.8 Å². The van der Waals surface area contributed by atoms with Gasteiger partial charge < -0.3 is 18.9 Å². The first-order valence-electron chi connectivity index (χ1n) is 8.24. The molecule has 0 radical (unpaired) electrons. The zero-order chi connectivity index (χ0) is 19.0. The van der Waals surface area contributed by atoms with E-state index in [9.17, 15) is 9.59 Å². The highest BCUT2D eigenvalue weighted by molar-refractivity contribution is 5.71. The Hall–Kier alpha value is -1.14. The van der Waals surface area contributed by atoms with E-state index >= 15 is 0 Å². The Morgan fingerprint density at radius 1 is 0.750 bits per heavy atom. The molecule has 0 N–H and O–H groups in total. The van der Waals surface area contributed by atoms with Gasteiger partial charge in [-0.05, 0) is 48.0 Å². The fourth-order valence-electron chi connectivity index (χ4n) is 1.96. The second-order valence-corrected chi connectivity index (χ2v) is 8.13. The van der Waals surface area contributed by atoms with E-state index < -0.39 is 5.41 Å². The third-order valence-corrected chi connectivity index (χ3v) is 3.46. The minimum absolute atomic E-state index is 0.118. The fraction of sp³-hybridized carbons (Fsp3) is 0.889. The van der Waals surface area contributed by atoms with Crippen LogP contribution < -0.4 is 0 Å². The number of ether oxygens (including phenoxy) is 4. The summed E-state index contributed by atoms with van der Waals surface area (Å²) in [5.41, 5.74) is -1.38. The molecule has 0 atom stereocenters. The van der Waals surface area contributed by atoms with Crippen molar-refractivity contribution >= 4 is 11.9 Å². The Kier molecular flexibility index (Phi) is 8.93. The summed E-state index contributed by atoms with van der Waals surface area (Å²) in [6.45, 7) is 12.3. The molecule has 6 nitrogen and oxygen atoms in total. The van der Waals surface area contributed by atoms with Gasteiger partial charge >= 0.3 is 11.9 Å². The average Bonchev–Trinajstić information content (AvgIpc) is 2.46. The first-order chi connectivity index (χ1) is 10.8. The van der Waals surface area contributed by atoms with Crippen molar-refractivity contribution in [2.75, 3.05) is 27.4 Å². The van der Waals surface area contributed by atoms with Crippen molar-refractivity contribution in [2.24, 2.45) is 5.41 Å². The number of esters is 2. The average molecular weight is 346 g/mol. The van der Waals surface area contributed by atoms with Crippen molar-refractivity contribution in [1.82, 2.24) is 0 Å². The van der Waals surface area contributed by atoms with E-state index in [-0.39, 0.29) is 36.0 Å². The molecule has 0 aromatic carbocycles. The maximum Gasteiger partial charge on any atom is 0.306 e. The van der Waals surface area contributed by atoms with Crippen molar-refractivity contribution in [2.45, 2.75) is 72.0 Å². The van der Waals surface area contributed by atoms with Gasteiger partial charge in [-0.1, -0.05) is 0 Å². The molecule has 0 aliphatic rings. The van der Waals surface area contributed by atoms with E-state index in [1.807, 2.05) is 41.5 Å². The van der Waals surface area contributed by atoms with Crippen LogP contribution in [0.3, 0.4) is 0 Å². The lowest BCUT2D eigenvalue weighted by atomic mass is 9.81. The van der Waals surface area contributed by atoms with E-state index in [0.717, 1.165) is 0 Å². The van der Waals surface area contributed by atoms with Gasteiger partial charge in [0, 0.05) is 11.8 Å². The van der Waals surface area contributed by atoms with Gasteiger partial charge in [0.05, 0.1) is 45.1 Å². The van der Waals surface area contributed by atoms with Crippen LogP contribution in [0.15, 0.2) is 0 Å². The molecule has 142 valence electrons. The molecule has 0 spiro atoms. The summed E-state index contributed by atoms with van der Waals surface area (Å²) in [6, 6.07) is 0. The standard InChI is InChI=1S/C18H34O6/c1-16(2,3)23-12-18(11-15(20)22-8,10-9-14(19)21-7)13-24-17(4,5)6/h9-13H2,1-8H3. The SMILES string of the molecule is COC(=O)CCC(COC(C)(C)C)(COC(C)(C)C)CC(=O)OC. The minimum Gasteiger partial charge on any atom is -0.469 e. The summed E-state index contributed by atoms with van der Waals surface area (Å²) >= 11 is 0. The lowest BCUT2D eigenvalue weighted by molar-refractivity contribution is -0.156. The van der Waals surface area contributed by atoms with Crippen LogP contribution in [0.25, 0.3) is 0 Å². The molecule has 0 amide bonds. The first-order valence-corrected chi connectivity index (χ1v) is 8.24. The van der Waals surface area contributed by atoms with Crippen molar-refractivity contribution in [3.05, 3.63) is 0 Å². The maximum absolute atomic E-state index is 11.9. The van der Waals surface area contributed by atoms with Gasteiger partial charge in [0.2, 0.25) is 0 Å². The Morgan fingerprint density at radius 2 is 1.17 bits per heavy atom. The highest BCUT2D eigenvalue weighted by atomic mass is 16.5. The minimum atomic E-state index is -0.651. The summed E-state index contributed by atoms with van der Waals surface area (Å²) < 4.78 is 21.4. The Balaban J connectivity index is 5.35. The van der Waals surface area contributed by atoms with Gasteiger partial charge in [0.25, 0.3) is 0 Å². The molecule has 6 heteroatoms. The van der Waals surface area contributed by atoms with Gasteiger partial charge in [-0.2, -0.15) is 0 Å². The topological polar surface area (TPSA) is 71.1 Å². The van der Waals surface area contributed by atoms with E-state index in [2.05, 4.69) is 0 Å². The predicted octanol–water partition coefficient (Wildman–Crippen LogP) is 3.12. The van der Waals surface area contributed by atoms with Crippen LogP contribution in [0.5, 0.6) is 0 Å². The van der Waals surface area contributed by atoms with Crippen molar-refractivity contribution < 1.29 is 28.5 Å². The molecule has 24 heavy (non-hydrogen) atoms. The molecule has 0 heterocycles. The Bertz CT molecular complexity index is 385. The van der Waals surface area contributed by atoms with Crippen molar-refractivity contribution in [3.8, 4) is 0 Å². The molecule has 0 aliphatic carbocycles. The second-order valence-electron chi connectivity index (χ2n) is 8.13. The summed E-state index contributed by atoms with van der Waals surface area (Å²) in [7, 11) is 2.70. The second kappa shape index (κ2) is 9.37. The third-order valence-electron chi connectivity index (χ3n) is 3.46. The molecule has 0 fully saturated rings.